The molecule has 7 aliphatic carbocycles. The molecule has 7 rings (SSSR count). The molecule has 0 aromatic rings. The second-order valence-corrected chi connectivity index (χ2v) is 38.2. The zero-order chi connectivity index (χ0) is 79.2. The molecular formula is C87H164N6O12. The van der Waals surface area contributed by atoms with E-state index >= 15 is 0 Å². The fraction of sp³-hybridized carbons (Fsp3) is 0.908. The highest BCUT2D eigenvalue weighted by Crippen LogP contribution is 2.35. The van der Waals surface area contributed by atoms with Gasteiger partial charge in [-0.1, -0.05) is 146 Å². The van der Waals surface area contributed by atoms with Crippen LogP contribution in [0.4, 0.5) is 0 Å². The van der Waals surface area contributed by atoms with Crippen molar-refractivity contribution < 1.29 is 57.2 Å². The average molecular weight is 1490 g/mol. The van der Waals surface area contributed by atoms with Gasteiger partial charge in [0.15, 0.2) is 0 Å². The minimum absolute atomic E-state index is 0.00834. The summed E-state index contributed by atoms with van der Waals surface area (Å²) < 4.78 is 35.1. The lowest BCUT2D eigenvalue weighted by atomic mass is 9.88. The second kappa shape index (κ2) is 51.0. The van der Waals surface area contributed by atoms with E-state index in [1.165, 1.54) is 141 Å². The summed E-state index contributed by atoms with van der Waals surface area (Å²) in [6.45, 7) is 57.1. The molecule has 0 aromatic carbocycles. The number of ether oxygens (including phenoxy) is 6. The minimum atomic E-state index is -0.370. The number of nitrogens with one attached hydrogen (secondary N) is 6. The standard InChI is InChI=1S/C17H31NO2.C16H31NO2.C15H27NO2.C14H27NO2.C13H25NO2.C12H23NO2/c1-13(2)18-17(19)16(11-14-7-3-4-8-14)20-12-15-9-5-6-10-15;1-12(2)17-15(18)14(10-16(3,4)5)19-11-13-8-6-7-9-13;1-11(2)9-14(15(17)16-12(3)4)18-10-13-7-5-6-8-13;1-10(2)15-13(16)12(8-14(3,4)5)17-9-11-6-7-11;1-9(2)14-12(15)11(13(3,4)5)16-8-10-6-7-10;1-8(2)11(12(14)13-9(3)4)15-7-10-5-6-10/h13-16H,3-12H2,1-2H3,(H,18,19);12-14H,6-11H2,1-5H3,(H,17,18);12-14H,1,5-10H2,2-4H3,(H,16,17);10-12H,6-9H2,1-5H3,(H,15,16);9-11H,6-8H2,1-5H3,(H,14,15);8-11H,5-7H2,1-4H3,(H,13,14). The highest BCUT2D eigenvalue weighted by atomic mass is 16.5. The maximum absolute atomic E-state index is 12.3. The lowest BCUT2D eigenvalue weighted by Gasteiger charge is -2.30. The molecule has 7 aliphatic rings. The maximum Gasteiger partial charge on any atom is 0.249 e. The van der Waals surface area contributed by atoms with Crippen LogP contribution in [0.1, 0.15) is 333 Å². The molecule has 7 saturated carbocycles. The molecule has 0 aromatic heterocycles. The van der Waals surface area contributed by atoms with Crippen LogP contribution in [0.5, 0.6) is 0 Å². The van der Waals surface area contributed by atoms with Gasteiger partial charge in [-0.2, -0.15) is 0 Å². The van der Waals surface area contributed by atoms with Crippen LogP contribution in [0.25, 0.3) is 0 Å². The monoisotopic (exact) mass is 1490 g/mol. The molecule has 6 amide bonds. The average Bonchev–Trinajstić information content (AvgIpc) is 1.34. The smallest absolute Gasteiger partial charge is 0.249 e. The molecule has 614 valence electrons. The van der Waals surface area contributed by atoms with Crippen LogP contribution in [0.3, 0.4) is 0 Å². The number of amides is 6. The van der Waals surface area contributed by atoms with E-state index in [-0.39, 0.29) is 130 Å². The Balaban J connectivity index is 0.000000429. The zero-order valence-corrected chi connectivity index (χ0v) is 71.8. The van der Waals surface area contributed by atoms with Crippen molar-refractivity contribution in [2.24, 2.45) is 63.6 Å². The molecule has 7 fully saturated rings. The Labute approximate surface area is 642 Å². The van der Waals surface area contributed by atoms with Crippen LogP contribution in [0, 0.1) is 63.6 Å². The second-order valence-electron chi connectivity index (χ2n) is 38.2. The molecule has 18 heteroatoms. The van der Waals surface area contributed by atoms with Crippen molar-refractivity contribution in [1.29, 1.82) is 0 Å². The largest absolute Gasteiger partial charge is 0.368 e. The highest BCUT2D eigenvalue weighted by Gasteiger charge is 2.36. The normalized spacial score (nSPS) is 19.2. The fourth-order valence-corrected chi connectivity index (χ4v) is 13.3. The number of hydrogen-bond acceptors (Lipinski definition) is 12. The van der Waals surface area contributed by atoms with Crippen molar-refractivity contribution in [2.75, 3.05) is 39.6 Å². The number of carbonyl (C=O) groups is 6. The summed E-state index contributed by atoms with van der Waals surface area (Å²) in [6.07, 6.45) is 29.5. The van der Waals surface area contributed by atoms with Gasteiger partial charge in [0.1, 0.15) is 36.6 Å². The summed E-state index contributed by atoms with van der Waals surface area (Å²) in [6, 6.07) is 1.05. The lowest BCUT2D eigenvalue weighted by Crippen LogP contribution is -2.46. The molecule has 6 unspecified atom stereocenters. The topological polar surface area (TPSA) is 230 Å². The molecule has 0 radical (unpaired) electrons. The maximum atomic E-state index is 12.3. The SMILES string of the molecule is C=C(C)CC(OCC1CCCC1)C(=O)NC(C)C.CC(C)NC(=O)C(CC(C)(C)C)OCC1CC1.CC(C)NC(=O)C(CC(C)(C)C)OCC1CCCC1.CC(C)NC(=O)C(CC1CCCC1)OCC1CCCC1.CC(C)NC(=O)C(OCC1CC1)C(C)(C)C.CC(C)NC(=O)C(OCC1CC1)C(C)C. The van der Waals surface area contributed by atoms with Gasteiger partial charge < -0.3 is 60.3 Å². The molecule has 0 heterocycles. The van der Waals surface area contributed by atoms with E-state index in [1.807, 2.05) is 125 Å². The third kappa shape index (κ3) is 50.0. The number of carbonyl (C=O) groups excluding carboxylic acids is 6. The van der Waals surface area contributed by atoms with Gasteiger partial charge in [0.25, 0.3) is 0 Å². The van der Waals surface area contributed by atoms with Crippen LogP contribution >= 0.6 is 0 Å². The van der Waals surface area contributed by atoms with E-state index in [0.717, 1.165) is 57.9 Å². The van der Waals surface area contributed by atoms with Crippen molar-refractivity contribution in [1.82, 2.24) is 31.9 Å². The number of rotatable bonds is 37. The lowest BCUT2D eigenvalue weighted by molar-refractivity contribution is -0.141. The van der Waals surface area contributed by atoms with Crippen molar-refractivity contribution in [3.63, 3.8) is 0 Å². The van der Waals surface area contributed by atoms with Gasteiger partial charge in [-0.05, 0) is 250 Å². The van der Waals surface area contributed by atoms with E-state index in [4.69, 9.17) is 28.4 Å². The van der Waals surface area contributed by atoms with Crippen LogP contribution in [-0.4, -0.2) is 148 Å². The fourth-order valence-electron chi connectivity index (χ4n) is 13.3. The molecule has 6 atom stereocenters. The van der Waals surface area contributed by atoms with E-state index < -0.39 is 0 Å². The summed E-state index contributed by atoms with van der Waals surface area (Å²) in [5.74, 6) is 5.24. The molecule has 105 heavy (non-hydrogen) atoms. The summed E-state index contributed by atoms with van der Waals surface area (Å²) in [5, 5.41) is 17.7. The van der Waals surface area contributed by atoms with Gasteiger partial charge in [0.05, 0.1) is 39.6 Å². The Hall–Kier alpha value is -3.68. The molecular weight excluding hydrogens is 1320 g/mol. The van der Waals surface area contributed by atoms with Crippen LogP contribution in [0.2, 0.25) is 0 Å². The predicted octanol–water partition coefficient (Wildman–Crippen LogP) is 17.3. The quantitative estimate of drug-likeness (QED) is 0.0319. The Bertz CT molecular complexity index is 2390. The van der Waals surface area contributed by atoms with Gasteiger partial charge in [-0.15, -0.1) is 6.58 Å². The first kappa shape index (κ1) is 97.4. The van der Waals surface area contributed by atoms with Gasteiger partial charge in [0, 0.05) is 42.7 Å². The van der Waals surface area contributed by atoms with Crippen LogP contribution < -0.4 is 31.9 Å². The van der Waals surface area contributed by atoms with Gasteiger partial charge in [0.2, 0.25) is 35.4 Å². The molecule has 0 saturated heterocycles. The summed E-state index contributed by atoms with van der Waals surface area (Å²) in [7, 11) is 0. The third-order valence-corrected chi connectivity index (χ3v) is 19.5. The van der Waals surface area contributed by atoms with Crippen molar-refractivity contribution >= 4 is 35.4 Å². The van der Waals surface area contributed by atoms with Gasteiger partial charge in [-0.3, -0.25) is 28.8 Å². The van der Waals surface area contributed by atoms with Crippen molar-refractivity contribution in [3.05, 3.63) is 12.2 Å². The third-order valence-electron chi connectivity index (χ3n) is 19.5. The van der Waals surface area contributed by atoms with Crippen LogP contribution in [0.15, 0.2) is 12.2 Å². The molecule has 6 N–H and O–H groups in total. The first-order valence-electron chi connectivity index (χ1n) is 42.2. The Morgan fingerprint density at radius 1 is 0.324 bits per heavy atom. The van der Waals surface area contributed by atoms with Crippen molar-refractivity contribution in [2.45, 2.75) is 406 Å². The first-order chi connectivity index (χ1) is 49.0. The Morgan fingerprint density at radius 2 is 0.571 bits per heavy atom. The van der Waals surface area contributed by atoms with Crippen LogP contribution in [-0.2, 0) is 57.2 Å². The van der Waals surface area contributed by atoms with Gasteiger partial charge >= 0.3 is 0 Å². The Kier molecular flexibility index (Phi) is 47.3. The predicted molar refractivity (Wildman–Crippen MR) is 431 cm³/mol. The zero-order valence-electron chi connectivity index (χ0n) is 71.8. The number of hydrogen-bond donors (Lipinski definition) is 6. The van der Waals surface area contributed by atoms with Crippen molar-refractivity contribution in [3.8, 4) is 0 Å². The highest BCUT2D eigenvalue weighted by molar-refractivity contribution is 5.83. The summed E-state index contributed by atoms with van der Waals surface area (Å²) in [5.41, 5.74) is 1.07. The molecule has 0 aliphatic heterocycles. The van der Waals surface area contributed by atoms with E-state index in [2.05, 4.69) is 80.0 Å². The summed E-state index contributed by atoms with van der Waals surface area (Å²) >= 11 is 0. The Morgan fingerprint density at radius 3 is 0.857 bits per heavy atom. The first-order valence-corrected chi connectivity index (χ1v) is 42.2. The van der Waals surface area contributed by atoms with E-state index in [0.29, 0.717) is 54.5 Å². The van der Waals surface area contributed by atoms with E-state index in [9.17, 15) is 28.8 Å². The minimum Gasteiger partial charge on any atom is -0.368 e. The molecule has 0 bridgehead atoms. The summed E-state index contributed by atoms with van der Waals surface area (Å²) in [4.78, 5) is 72.3. The molecule has 18 nitrogen and oxygen atoms in total. The van der Waals surface area contributed by atoms with Gasteiger partial charge in [-0.25, -0.2) is 0 Å². The van der Waals surface area contributed by atoms with E-state index in [1.54, 1.807) is 0 Å². The molecule has 0 spiro atoms.